The predicted molar refractivity (Wildman–Crippen MR) is 404 cm³/mol. The molecule has 7 heteroatoms. The third-order valence-electron chi connectivity index (χ3n) is 18.8. The second kappa shape index (κ2) is 24.6. The summed E-state index contributed by atoms with van der Waals surface area (Å²) in [6.07, 6.45) is 3.95. The van der Waals surface area contributed by atoms with Gasteiger partial charge in [-0.1, -0.05) is 243 Å². The molecule has 0 bridgehead atoms. The second-order valence-electron chi connectivity index (χ2n) is 24.9. The Balaban J connectivity index is 0.689. The second-order valence-corrected chi connectivity index (χ2v) is 24.9. The lowest BCUT2D eigenvalue weighted by molar-refractivity contribution is 1.08. The Hall–Kier alpha value is -13.2. The van der Waals surface area contributed by atoms with Gasteiger partial charge in [-0.2, -0.15) is 0 Å². The summed E-state index contributed by atoms with van der Waals surface area (Å²) >= 11 is 0. The highest BCUT2D eigenvalue weighted by Gasteiger charge is 2.21. The maximum atomic E-state index is 5.35. The summed E-state index contributed by atoms with van der Waals surface area (Å²) in [6, 6.07) is 123. The zero-order valence-electron chi connectivity index (χ0n) is 53.2. The zero-order valence-corrected chi connectivity index (χ0v) is 53.2. The topological polar surface area (TPSA) is 74.3 Å². The van der Waals surface area contributed by atoms with E-state index in [-0.39, 0.29) is 0 Å². The van der Waals surface area contributed by atoms with Crippen molar-refractivity contribution < 1.29 is 0 Å². The summed E-state index contributed by atoms with van der Waals surface area (Å²) in [4.78, 5) is 26.3. The van der Waals surface area contributed by atoms with Gasteiger partial charge in [0.05, 0.1) is 44.8 Å². The zero-order chi connectivity index (χ0) is 64.9. The van der Waals surface area contributed by atoms with Gasteiger partial charge in [-0.15, -0.1) is 0 Å². The van der Waals surface area contributed by atoms with E-state index in [2.05, 4.69) is 337 Å². The molecule has 0 aliphatic carbocycles. The predicted octanol–water partition coefficient (Wildman–Crippen LogP) is 23.2. The quantitative estimate of drug-likeness (QED) is 0.115. The molecule has 0 saturated heterocycles. The fourth-order valence-electron chi connectivity index (χ4n) is 13.9. The van der Waals surface area contributed by atoms with E-state index in [9.17, 15) is 0 Å². The molecule has 7 nitrogen and oxygen atoms in total. The van der Waals surface area contributed by atoms with Crippen molar-refractivity contribution in [3.63, 3.8) is 0 Å². The summed E-state index contributed by atoms with van der Waals surface area (Å²) in [5.41, 5.74) is 26.1. The number of pyridine rings is 3. The number of nitrogens with zero attached hydrogens (tertiary/aromatic N) is 7. The van der Waals surface area contributed by atoms with Crippen LogP contribution in [0.1, 0.15) is 0 Å². The van der Waals surface area contributed by atoms with E-state index in [1.54, 1.807) is 0 Å². The van der Waals surface area contributed by atoms with Gasteiger partial charge in [0, 0.05) is 67.3 Å². The fraction of sp³-hybridized carbons (Fsp3) is 0. The minimum Gasteiger partial charge on any atom is -0.294 e. The van der Waals surface area contributed by atoms with Crippen LogP contribution in [-0.4, -0.2) is 34.1 Å². The Kier molecular flexibility index (Phi) is 14.4. The molecule has 458 valence electrons. The van der Waals surface area contributed by atoms with Gasteiger partial charge in [-0.3, -0.25) is 9.13 Å². The highest BCUT2D eigenvalue weighted by molar-refractivity contribution is 6.13. The molecule has 0 N–H and O–H groups in total. The smallest absolute Gasteiger partial charge is 0.160 e. The van der Waals surface area contributed by atoms with E-state index < -0.39 is 0 Å². The van der Waals surface area contributed by atoms with Crippen molar-refractivity contribution in [1.82, 2.24) is 34.1 Å². The lowest BCUT2D eigenvalue weighted by Crippen LogP contribution is -1.99. The van der Waals surface area contributed by atoms with Gasteiger partial charge in [0.2, 0.25) is 0 Å². The Morgan fingerprint density at radius 2 is 0.459 bits per heavy atom. The molecule has 0 unspecified atom stereocenters. The van der Waals surface area contributed by atoms with Crippen LogP contribution in [0.3, 0.4) is 0 Å². The van der Waals surface area contributed by atoms with E-state index in [0.717, 1.165) is 140 Å². The van der Waals surface area contributed by atoms with Crippen LogP contribution in [0.5, 0.6) is 0 Å². The average Bonchev–Trinajstić information content (AvgIpc) is 1.58. The molecular weight excluding hydrogens is 1190 g/mol. The standard InChI is InChI=1S/C91H59N7/c1-7-21-60(22-8-1)69-37-43-85-77(51-69)78-52-70(61-23-9-2-10-24-61)38-44-86(78)98(85)90-48-42-75(59-93-90)84-57-83(65-31-17-6-18-32-65)95-91(96-84)73-36-20-35-68(50-73)66-33-19-34-67(49-66)72-40-46-88-80(54-72)79-53-71(62-25-11-3-12-26-62)39-45-87(79)97(88)89-47-41-74(58-92-89)76-55-81(63-27-13-4-14-28-63)94-82(56-76)64-29-15-5-16-30-64/h1-59H. The van der Waals surface area contributed by atoms with Crippen molar-refractivity contribution >= 4 is 43.6 Å². The molecule has 0 spiro atoms. The summed E-state index contributed by atoms with van der Waals surface area (Å²) in [5, 5.41) is 4.62. The molecule has 6 heterocycles. The number of fused-ring (bicyclic) bond motifs is 6. The third-order valence-corrected chi connectivity index (χ3v) is 18.8. The number of aromatic nitrogens is 7. The first-order chi connectivity index (χ1) is 48.5. The van der Waals surface area contributed by atoms with Crippen molar-refractivity contribution in [3.8, 4) is 135 Å². The Bertz CT molecular complexity index is 5840. The Morgan fingerprint density at radius 3 is 0.827 bits per heavy atom. The molecule has 0 aliphatic rings. The first kappa shape index (κ1) is 57.4. The molecule has 12 aromatic carbocycles. The van der Waals surface area contributed by atoms with Crippen molar-refractivity contribution in [2.45, 2.75) is 0 Å². The van der Waals surface area contributed by atoms with Gasteiger partial charge in [0.25, 0.3) is 0 Å². The van der Waals surface area contributed by atoms with Gasteiger partial charge < -0.3 is 0 Å². The molecule has 0 radical (unpaired) electrons. The Labute approximate surface area is 567 Å². The van der Waals surface area contributed by atoms with E-state index >= 15 is 0 Å². The first-order valence-corrected chi connectivity index (χ1v) is 33.1. The van der Waals surface area contributed by atoms with Gasteiger partial charge in [-0.25, -0.2) is 24.9 Å². The molecule has 98 heavy (non-hydrogen) atoms. The number of rotatable bonds is 13. The minimum atomic E-state index is 0.627. The highest BCUT2D eigenvalue weighted by Crippen LogP contribution is 2.41. The lowest BCUT2D eigenvalue weighted by atomic mass is 9.96. The molecule has 0 aliphatic heterocycles. The molecule has 0 amide bonds. The van der Waals surface area contributed by atoms with E-state index in [0.29, 0.717) is 5.82 Å². The van der Waals surface area contributed by atoms with Crippen LogP contribution in [0.4, 0.5) is 0 Å². The fourth-order valence-corrected chi connectivity index (χ4v) is 13.9. The van der Waals surface area contributed by atoms with Crippen molar-refractivity contribution in [3.05, 3.63) is 358 Å². The summed E-state index contributed by atoms with van der Waals surface area (Å²) in [5.74, 6) is 2.28. The first-order valence-electron chi connectivity index (χ1n) is 33.1. The van der Waals surface area contributed by atoms with Crippen LogP contribution in [0.15, 0.2) is 358 Å². The van der Waals surface area contributed by atoms with E-state index in [4.69, 9.17) is 24.9 Å². The summed E-state index contributed by atoms with van der Waals surface area (Å²) in [6.45, 7) is 0. The molecule has 18 aromatic rings. The van der Waals surface area contributed by atoms with Crippen molar-refractivity contribution in [2.24, 2.45) is 0 Å². The van der Waals surface area contributed by atoms with Crippen molar-refractivity contribution in [2.75, 3.05) is 0 Å². The van der Waals surface area contributed by atoms with Crippen LogP contribution in [0.25, 0.3) is 178 Å². The molecule has 0 saturated carbocycles. The molecule has 6 aromatic heterocycles. The van der Waals surface area contributed by atoms with Gasteiger partial charge >= 0.3 is 0 Å². The third kappa shape index (κ3) is 10.8. The van der Waals surface area contributed by atoms with Crippen LogP contribution in [-0.2, 0) is 0 Å². The highest BCUT2D eigenvalue weighted by atomic mass is 15.1. The number of benzene rings is 12. The monoisotopic (exact) mass is 1250 g/mol. The molecule has 18 rings (SSSR count). The van der Waals surface area contributed by atoms with Crippen molar-refractivity contribution in [1.29, 1.82) is 0 Å². The SMILES string of the molecule is c1ccc(-c2ccc3c(c2)c2cc(-c4ccccc4)ccc2n3-c2ccc(-c3cc(-c4ccccc4)nc(-c4cccc(-c5cccc(-c6ccc7c(c6)c6cc(-c8ccccc8)ccc6n7-c6ccc(-c7cc(-c8ccccc8)nc(-c8ccccc8)c7)cn6)c5)c4)n3)cn2)cc1. The van der Waals surface area contributed by atoms with Crippen LogP contribution in [0.2, 0.25) is 0 Å². The average molecular weight is 1250 g/mol. The molecular formula is C91H59N7. The molecule has 0 fully saturated rings. The van der Waals surface area contributed by atoms with Gasteiger partial charge in [0.15, 0.2) is 5.82 Å². The largest absolute Gasteiger partial charge is 0.294 e. The minimum absolute atomic E-state index is 0.627. The number of hydrogen-bond donors (Lipinski definition) is 0. The van der Waals surface area contributed by atoms with Crippen LogP contribution in [0, 0.1) is 0 Å². The summed E-state index contributed by atoms with van der Waals surface area (Å²) in [7, 11) is 0. The van der Waals surface area contributed by atoms with Gasteiger partial charge in [-0.05, 0) is 164 Å². The summed E-state index contributed by atoms with van der Waals surface area (Å²) < 4.78 is 4.58. The lowest BCUT2D eigenvalue weighted by Gasteiger charge is -2.12. The normalized spacial score (nSPS) is 11.5. The van der Waals surface area contributed by atoms with E-state index in [1.165, 1.54) is 33.0 Å². The van der Waals surface area contributed by atoms with Crippen LogP contribution >= 0.6 is 0 Å². The van der Waals surface area contributed by atoms with E-state index in [1.807, 2.05) is 30.6 Å². The van der Waals surface area contributed by atoms with Crippen LogP contribution < -0.4 is 0 Å². The van der Waals surface area contributed by atoms with Gasteiger partial charge in [0.1, 0.15) is 11.6 Å². The Morgan fingerprint density at radius 1 is 0.173 bits per heavy atom. The maximum absolute atomic E-state index is 5.35. The molecule has 0 atom stereocenters. The number of hydrogen-bond acceptors (Lipinski definition) is 5. The maximum Gasteiger partial charge on any atom is 0.160 e.